The number of hydrogen-bond acceptors (Lipinski definition) is 9. The molecule has 2 rings (SSSR count). The molecule has 0 amide bonds. The summed E-state index contributed by atoms with van der Waals surface area (Å²) in [5, 5.41) is 10.4. The van der Waals surface area contributed by atoms with Gasteiger partial charge in [0.05, 0.1) is 0 Å². The molecule has 0 bridgehead atoms. The van der Waals surface area contributed by atoms with E-state index in [0.717, 1.165) is 44.3 Å². The second-order valence-corrected chi connectivity index (χ2v) is 8.47. The van der Waals surface area contributed by atoms with Gasteiger partial charge in [-0.25, -0.2) is 0 Å². The Morgan fingerprint density at radius 3 is 2.12 bits per heavy atom. The largest absolute Gasteiger partial charge is 0.374 e. The Hall–Kier alpha value is -1.55. The molecule has 0 saturated heterocycles. The molecule has 1 heterocycles. The number of aliphatic hydroxyl groups excluding tert-OH is 1. The van der Waals surface area contributed by atoms with Gasteiger partial charge in [0.2, 0.25) is 11.9 Å². The molecule has 1 fully saturated rings. The molecule has 9 nitrogen and oxygen atoms in total. The number of unbranched alkanes of at least 4 members (excludes halogenated alkanes) is 2. The zero-order valence-electron chi connectivity index (χ0n) is 20.5. The van der Waals surface area contributed by atoms with Gasteiger partial charge in [-0.05, 0) is 32.6 Å². The Labute approximate surface area is 193 Å². The van der Waals surface area contributed by atoms with E-state index in [2.05, 4.69) is 13.8 Å². The second-order valence-electron chi connectivity index (χ2n) is 8.47. The second kappa shape index (κ2) is 15.3. The van der Waals surface area contributed by atoms with Crippen molar-refractivity contribution >= 4 is 11.9 Å². The van der Waals surface area contributed by atoms with Gasteiger partial charge in [0, 0.05) is 26.2 Å². The molecule has 1 unspecified atom stereocenters. The summed E-state index contributed by atoms with van der Waals surface area (Å²) in [5.74, 6) is 2.01. The number of anilines is 2. The predicted molar refractivity (Wildman–Crippen MR) is 126 cm³/mol. The van der Waals surface area contributed by atoms with Crippen LogP contribution in [0.3, 0.4) is 0 Å². The van der Waals surface area contributed by atoms with Gasteiger partial charge >= 0.3 is 0 Å². The van der Waals surface area contributed by atoms with E-state index in [0.29, 0.717) is 44.5 Å². The van der Waals surface area contributed by atoms with E-state index < -0.39 is 6.23 Å². The lowest BCUT2D eigenvalue weighted by Gasteiger charge is -2.29. The van der Waals surface area contributed by atoms with Gasteiger partial charge in [0.1, 0.15) is 32.2 Å². The fourth-order valence-corrected chi connectivity index (χ4v) is 3.65. The minimum atomic E-state index is -0.789. The van der Waals surface area contributed by atoms with E-state index in [4.69, 9.17) is 29.2 Å². The third-order valence-corrected chi connectivity index (χ3v) is 5.64. The number of aliphatic hydroxyl groups is 1. The quantitative estimate of drug-likeness (QED) is 0.294. The molecule has 184 valence electrons. The minimum Gasteiger partial charge on any atom is -0.374 e. The van der Waals surface area contributed by atoms with Gasteiger partial charge in [0.15, 0.2) is 0 Å². The van der Waals surface area contributed by atoms with Crippen molar-refractivity contribution in [3.05, 3.63) is 5.82 Å². The molecule has 1 aromatic rings. The molecule has 1 atom stereocenters. The topological polar surface area (TPSA) is 93.1 Å². The lowest BCUT2D eigenvalue weighted by molar-refractivity contribution is 0.0881. The minimum absolute atomic E-state index is 0.225. The van der Waals surface area contributed by atoms with E-state index in [-0.39, 0.29) is 6.73 Å². The maximum atomic E-state index is 10.4. The standard InChI is InChI=1S/C23H43N5O4/c1-5-7-14-31-17-27(16-30-4)22-24-21(20-12-10-9-11-13-20)25-23(26-22)28(19(3)29)18-32-15-8-6-2/h19-20,29H,5-18H2,1-4H3. The molecule has 1 aliphatic rings. The van der Waals surface area contributed by atoms with Gasteiger partial charge in [0.25, 0.3) is 0 Å². The molecule has 1 aromatic heterocycles. The molecular formula is C23H43N5O4. The predicted octanol–water partition coefficient (Wildman–Crippen LogP) is 4.02. The van der Waals surface area contributed by atoms with Crippen LogP contribution in [-0.2, 0) is 14.2 Å². The molecule has 0 aliphatic heterocycles. The van der Waals surface area contributed by atoms with E-state index in [9.17, 15) is 5.11 Å². The van der Waals surface area contributed by atoms with Crippen LogP contribution in [0.4, 0.5) is 11.9 Å². The first-order valence-electron chi connectivity index (χ1n) is 12.2. The highest BCUT2D eigenvalue weighted by atomic mass is 16.5. The summed E-state index contributed by atoms with van der Waals surface area (Å²) in [4.78, 5) is 17.8. The van der Waals surface area contributed by atoms with Crippen molar-refractivity contribution in [3.63, 3.8) is 0 Å². The summed E-state index contributed by atoms with van der Waals surface area (Å²) in [6, 6.07) is 0. The Bertz CT molecular complexity index is 628. The highest BCUT2D eigenvalue weighted by Crippen LogP contribution is 2.32. The maximum Gasteiger partial charge on any atom is 0.234 e. The van der Waals surface area contributed by atoms with Gasteiger partial charge < -0.3 is 19.3 Å². The zero-order chi connectivity index (χ0) is 23.2. The number of ether oxygens (including phenoxy) is 3. The SMILES string of the molecule is CCCCOCN(COC)c1nc(C2CCCCC2)nc(N(COCCCC)C(C)O)n1. The number of aromatic nitrogens is 3. The number of rotatable bonds is 16. The Kier molecular flexibility index (Phi) is 12.8. The first-order valence-corrected chi connectivity index (χ1v) is 12.2. The van der Waals surface area contributed by atoms with Gasteiger partial charge in [-0.3, -0.25) is 9.80 Å². The zero-order valence-corrected chi connectivity index (χ0v) is 20.5. The smallest absolute Gasteiger partial charge is 0.234 e. The monoisotopic (exact) mass is 453 g/mol. The number of methoxy groups -OCH3 is 1. The lowest BCUT2D eigenvalue weighted by atomic mass is 9.89. The van der Waals surface area contributed by atoms with Crippen LogP contribution in [0, 0.1) is 0 Å². The van der Waals surface area contributed by atoms with Crippen LogP contribution < -0.4 is 9.80 Å². The van der Waals surface area contributed by atoms with Crippen molar-refractivity contribution in [2.24, 2.45) is 0 Å². The summed E-state index contributed by atoms with van der Waals surface area (Å²) >= 11 is 0. The fourth-order valence-electron chi connectivity index (χ4n) is 3.65. The Balaban J connectivity index is 2.31. The van der Waals surface area contributed by atoms with Gasteiger partial charge in [-0.15, -0.1) is 0 Å². The molecule has 0 spiro atoms. The van der Waals surface area contributed by atoms with Crippen LogP contribution in [0.1, 0.15) is 90.3 Å². The summed E-state index contributed by atoms with van der Waals surface area (Å²) < 4.78 is 17.0. The molecule has 1 saturated carbocycles. The third-order valence-electron chi connectivity index (χ3n) is 5.64. The van der Waals surface area contributed by atoms with Crippen LogP contribution >= 0.6 is 0 Å². The van der Waals surface area contributed by atoms with Crippen LogP contribution in [0.15, 0.2) is 0 Å². The van der Waals surface area contributed by atoms with Crippen LogP contribution in [0.25, 0.3) is 0 Å². The van der Waals surface area contributed by atoms with Crippen molar-refractivity contribution < 1.29 is 19.3 Å². The van der Waals surface area contributed by atoms with Crippen molar-refractivity contribution in [3.8, 4) is 0 Å². The van der Waals surface area contributed by atoms with Crippen molar-refractivity contribution in [2.75, 3.05) is 50.3 Å². The summed E-state index contributed by atoms with van der Waals surface area (Å²) in [6.45, 7) is 8.14. The molecule has 9 heteroatoms. The summed E-state index contributed by atoms with van der Waals surface area (Å²) in [6.07, 6.45) is 9.08. The van der Waals surface area contributed by atoms with Gasteiger partial charge in [-0.2, -0.15) is 15.0 Å². The molecule has 32 heavy (non-hydrogen) atoms. The third kappa shape index (κ3) is 8.77. The highest BCUT2D eigenvalue weighted by Gasteiger charge is 2.25. The van der Waals surface area contributed by atoms with Crippen LogP contribution in [-0.4, -0.2) is 66.8 Å². The Morgan fingerprint density at radius 2 is 1.53 bits per heavy atom. The molecule has 1 N–H and O–H groups in total. The lowest BCUT2D eigenvalue weighted by Crippen LogP contribution is -2.38. The van der Waals surface area contributed by atoms with Crippen molar-refractivity contribution in [1.82, 2.24) is 15.0 Å². The first-order chi connectivity index (χ1) is 15.6. The normalized spacial score (nSPS) is 15.7. The van der Waals surface area contributed by atoms with E-state index in [1.807, 2.05) is 4.90 Å². The van der Waals surface area contributed by atoms with E-state index in [1.54, 1.807) is 18.9 Å². The number of nitrogens with zero attached hydrogens (tertiary/aromatic N) is 5. The average Bonchev–Trinajstić information content (AvgIpc) is 2.81. The highest BCUT2D eigenvalue weighted by molar-refractivity contribution is 5.39. The van der Waals surface area contributed by atoms with Crippen LogP contribution in [0.5, 0.6) is 0 Å². The first kappa shape index (κ1) is 26.7. The van der Waals surface area contributed by atoms with E-state index in [1.165, 1.54) is 19.3 Å². The summed E-state index contributed by atoms with van der Waals surface area (Å²) in [7, 11) is 1.65. The van der Waals surface area contributed by atoms with Gasteiger partial charge in [-0.1, -0.05) is 46.0 Å². The molecule has 1 aliphatic carbocycles. The number of hydrogen-bond donors (Lipinski definition) is 1. The van der Waals surface area contributed by atoms with Crippen molar-refractivity contribution in [1.29, 1.82) is 0 Å². The average molecular weight is 454 g/mol. The van der Waals surface area contributed by atoms with E-state index >= 15 is 0 Å². The molecule has 0 aromatic carbocycles. The maximum absolute atomic E-state index is 10.4. The van der Waals surface area contributed by atoms with Crippen molar-refractivity contribution in [2.45, 2.75) is 90.7 Å². The fraction of sp³-hybridized carbons (Fsp3) is 0.870. The van der Waals surface area contributed by atoms with Crippen LogP contribution in [0.2, 0.25) is 0 Å². The molecular weight excluding hydrogens is 410 g/mol. The summed E-state index contributed by atoms with van der Waals surface area (Å²) in [5.41, 5.74) is 0. The molecule has 0 radical (unpaired) electrons. The Morgan fingerprint density at radius 1 is 0.906 bits per heavy atom.